The molecule has 0 spiro atoms. The monoisotopic (exact) mass is 506 g/mol. The third kappa shape index (κ3) is 3.98. The Morgan fingerprint density at radius 2 is 2.00 bits per heavy atom. The SMILES string of the molecule is CC1CCC(c2ccc3sc(N4CC[C@H]4C)nc3c2)N(C(=O)C(=O)Nc2cnc(N)c3c2COC3)C1. The van der Waals surface area contributed by atoms with Gasteiger partial charge in [0.2, 0.25) is 0 Å². The summed E-state index contributed by atoms with van der Waals surface area (Å²) < 4.78 is 6.62. The Morgan fingerprint density at radius 3 is 2.78 bits per heavy atom. The predicted molar refractivity (Wildman–Crippen MR) is 140 cm³/mol. The van der Waals surface area contributed by atoms with E-state index in [1.54, 1.807) is 16.2 Å². The zero-order valence-corrected chi connectivity index (χ0v) is 21.3. The molecular weight excluding hydrogens is 476 g/mol. The van der Waals surface area contributed by atoms with Crippen LogP contribution in [-0.4, -0.2) is 45.8 Å². The first-order chi connectivity index (χ1) is 17.4. The Bertz CT molecular complexity index is 1360. The van der Waals surface area contributed by atoms with Crippen LogP contribution in [0.2, 0.25) is 0 Å². The number of hydrogen-bond acceptors (Lipinski definition) is 8. The summed E-state index contributed by atoms with van der Waals surface area (Å²) in [5.41, 5.74) is 9.94. The fourth-order valence-electron chi connectivity index (χ4n) is 5.39. The number of aromatic nitrogens is 2. The third-order valence-electron chi connectivity index (χ3n) is 7.70. The molecule has 1 aromatic carbocycles. The largest absolute Gasteiger partial charge is 0.383 e. The summed E-state index contributed by atoms with van der Waals surface area (Å²) in [6.45, 7) is 6.61. The van der Waals surface area contributed by atoms with E-state index in [-0.39, 0.29) is 6.04 Å². The van der Waals surface area contributed by atoms with E-state index in [0.29, 0.717) is 43.2 Å². The number of rotatable bonds is 3. The van der Waals surface area contributed by atoms with Crippen molar-refractivity contribution >= 4 is 50.0 Å². The highest BCUT2D eigenvalue weighted by atomic mass is 32.1. The van der Waals surface area contributed by atoms with Gasteiger partial charge in [-0.05, 0) is 49.8 Å². The van der Waals surface area contributed by atoms with Gasteiger partial charge in [0.1, 0.15) is 5.82 Å². The molecule has 2 amide bonds. The molecule has 2 aromatic heterocycles. The van der Waals surface area contributed by atoms with Crippen LogP contribution in [0.1, 0.15) is 55.8 Å². The third-order valence-corrected chi connectivity index (χ3v) is 8.77. The van der Waals surface area contributed by atoms with Crippen LogP contribution in [-0.2, 0) is 27.5 Å². The van der Waals surface area contributed by atoms with Crippen molar-refractivity contribution in [2.75, 3.05) is 29.0 Å². The van der Waals surface area contributed by atoms with Crippen LogP contribution in [0.25, 0.3) is 10.2 Å². The quantitative estimate of drug-likeness (QED) is 0.519. The Balaban J connectivity index is 1.25. The molecule has 10 heteroatoms. The first-order valence-electron chi connectivity index (χ1n) is 12.5. The van der Waals surface area contributed by atoms with E-state index in [2.05, 4.69) is 47.2 Å². The van der Waals surface area contributed by atoms with Crippen molar-refractivity contribution in [3.63, 3.8) is 0 Å². The van der Waals surface area contributed by atoms with Crippen molar-refractivity contribution in [2.24, 2.45) is 5.92 Å². The molecule has 5 heterocycles. The van der Waals surface area contributed by atoms with Crippen molar-refractivity contribution in [2.45, 2.75) is 58.4 Å². The molecule has 3 N–H and O–H groups in total. The van der Waals surface area contributed by atoms with Gasteiger partial charge in [0, 0.05) is 30.3 Å². The van der Waals surface area contributed by atoms with Gasteiger partial charge in [-0.3, -0.25) is 9.59 Å². The summed E-state index contributed by atoms with van der Waals surface area (Å²) in [6, 6.07) is 6.63. The maximum absolute atomic E-state index is 13.5. The van der Waals surface area contributed by atoms with Crippen LogP contribution in [0, 0.1) is 5.92 Å². The minimum absolute atomic E-state index is 0.171. The number of thiazole rings is 1. The summed E-state index contributed by atoms with van der Waals surface area (Å²) in [6.07, 6.45) is 4.49. The summed E-state index contributed by atoms with van der Waals surface area (Å²) >= 11 is 1.71. The van der Waals surface area contributed by atoms with Crippen LogP contribution in [0.15, 0.2) is 24.4 Å². The van der Waals surface area contributed by atoms with Gasteiger partial charge in [-0.2, -0.15) is 0 Å². The number of anilines is 3. The number of nitrogens with two attached hydrogens (primary N) is 1. The average Bonchev–Trinajstić information content (AvgIpc) is 3.51. The predicted octanol–water partition coefficient (Wildman–Crippen LogP) is 3.84. The molecule has 6 rings (SSSR count). The smallest absolute Gasteiger partial charge is 0.313 e. The summed E-state index contributed by atoms with van der Waals surface area (Å²) in [4.78, 5) is 39.7. The molecule has 0 bridgehead atoms. The number of piperidine rings is 1. The topological polar surface area (TPSA) is 114 Å². The maximum Gasteiger partial charge on any atom is 0.313 e. The zero-order chi connectivity index (χ0) is 25.0. The molecule has 3 atom stereocenters. The second kappa shape index (κ2) is 9.01. The molecule has 9 nitrogen and oxygen atoms in total. The number of ether oxygens (including phenoxy) is 1. The summed E-state index contributed by atoms with van der Waals surface area (Å²) in [5, 5.41) is 3.83. The lowest BCUT2D eigenvalue weighted by molar-refractivity contribution is -0.146. The van der Waals surface area contributed by atoms with Crippen molar-refractivity contribution in [3.8, 4) is 0 Å². The molecule has 36 heavy (non-hydrogen) atoms. The van der Waals surface area contributed by atoms with Gasteiger partial charge in [-0.1, -0.05) is 24.3 Å². The number of hydrogen-bond donors (Lipinski definition) is 2. The Kier molecular flexibility index (Phi) is 5.80. The average molecular weight is 507 g/mol. The van der Waals surface area contributed by atoms with Gasteiger partial charge in [0.05, 0.1) is 41.4 Å². The highest BCUT2D eigenvalue weighted by Crippen LogP contribution is 2.38. The van der Waals surface area contributed by atoms with Crippen LogP contribution < -0.4 is 16.0 Å². The molecule has 188 valence electrons. The molecule has 3 aliphatic heterocycles. The fourth-order valence-corrected chi connectivity index (χ4v) is 6.46. The van der Waals surface area contributed by atoms with Gasteiger partial charge >= 0.3 is 11.8 Å². The first-order valence-corrected chi connectivity index (χ1v) is 13.3. The van der Waals surface area contributed by atoms with E-state index in [1.807, 2.05) is 0 Å². The standard InChI is InChI=1S/C26H30N6O3S/c1-14-3-5-21(16-4-6-22-19(9-16)30-26(36-22)31-8-7-15(31)2)32(11-14)25(34)24(33)29-20-10-28-23(27)18-13-35-12-17(18)20/h4,6,9-10,14-15,21H,3,5,7-8,11-13H2,1-2H3,(H2,27,28)(H,29,33)/t14?,15-,21?/m1/s1. The van der Waals surface area contributed by atoms with E-state index < -0.39 is 11.8 Å². The van der Waals surface area contributed by atoms with Gasteiger partial charge in [0.15, 0.2) is 5.13 Å². The lowest BCUT2D eigenvalue weighted by atomic mass is 9.89. The summed E-state index contributed by atoms with van der Waals surface area (Å²) in [7, 11) is 0. The number of benzene rings is 1. The second-order valence-electron chi connectivity index (χ2n) is 10.2. The number of carbonyl (C=O) groups is 2. The van der Waals surface area contributed by atoms with Crippen LogP contribution in [0.4, 0.5) is 16.6 Å². The normalized spacial score (nSPS) is 23.4. The van der Waals surface area contributed by atoms with Gasteiger partial charge < -0.3 is 25.6 Å². The fraction of sp³-hybridized carbons (Fsp3) is 0.462. The molecule has 2 unspecified atom stereocenters. The lowest BCUT2D eigenvalue weighted by Gasteiger charge is -2.38. The van der Waals surface area contributed by atoms with E-state index in [9.17, 15) is 9.59 Å². The van der Waals surface area contributed by atoms with Crippen LogP contribution in [0.3, 0.4) is 0 Å². The summed E-state index contributed by atoms with van der Waals surface area (Å²) in [5.74, 6) is -0.500. The molecule has 0 aliphatic carbocycles. The number of nitrogens with zero attached hydrogens (tertiary/aromatic N) is 4. The Hall–Kier alpha value is -3.24. The molecule has 0 radical (unpaired) electrons. The van der Waals surface area contributed by atoms with E-state index in [1.165, 1.54) is 12.6 Å². The Morgan fingerprint density at radius 1 is 1.17 bits per heavy atom. The van der Waals surface area contributed by atoms with Gasteiger partial charge in [0.25, 0.3) is 0 Å². The number of nitrogens with one attached hydrogen (secondary N) is 1. The number of amides is 2. The number of nitrogen functional groups attached to an aromatic ring is 1. The Labute approximate surface area is 213 Å². The van der Waals surface area contributed by atoms with Crippen LogP contribution in [0.5, 0.6) is 0 Å². The minimum Gasteiger partial charge on any atom is -0.383 e. The molecule has 3 aromatic rings. The van der Waals surface area contributed by atoms with Crippen molar-refractivity contribution in [1.29, 1.82) is 0 Å². The van der Waals surface area contributed by atoms with Crippen molar-refractivity contribution in [3.05, 3.63) is 41.1 Å². The highest BCUT2D eigenvalue weighted by Gasteiger charge is 2.35. The molecule has 3 aliphatic rings. The van der Waals surface area contributed by atoms with E-state index >= 15 is 0 Å². The van der Waals surface area contributed by atoms with E-state index in [4.69, 9.17) is 15.5 Å². The van der Waals surface area contributed by atoms with E-state index in [0.717, 1.165) is 51.4 Å². The van der Waals surface area contributed by atoms with Gasteiger partial charge in [-0.15, -0.1) is 0 Å². The molecule has 2 saturated heterocycles. The number of pyridine rings is 1. The number of fused-ring (bicyclic) bond motifs is 2. The van der Waals surface area contributed by atoms with Crippen LogP contribution >= 0.6 is 11.3 Å². The minimum atomic E-state index is -0.668. The van der Waals surface area contributed by atoms with Gasteiger partial charge in [-0.25, -0.2) is 9.97 Å². The maximum atomic E-state index is 13.5. The molecular formula is C26H30N6O3S. The zero-order valence-electron chi connectivity index (χ0n) is 20.5. The number of likely N-dealkylation sites (tertiary alicyclic amines) is 1. The second-order valence-corrected chi connectivity index (χ2v) is 11.2. The number of carbonyl (C=O) groups excluding carboxylic acids is 2. The van der Waals surface area contributed by atoms with Crippen molar-refractivity contribution in [1.82, 2.24) is 14.9 Å². The van der Waals surface area contributed by atoms with Crippen molar-refractivity contribution < 1.29 is 14.3 Å². The lowest BCUT2D eigenvalue weighted by Crippen LogP contribution is -2.46. The molecule has 0 saturated carbocycles. The first kappa shape index (κ1) is 23.2. The highest BCUT2D eigenvalue weighted by molar-refractivity contribution is 7.22. The molecule has 2 fully saturated rings.